The van der Waals surface area contributed by atoms with E-state index in [1.54, 1.807) is 0 Å². The first-order chi connectivity index (χ1) is 9.71. The molecular formula is C15H26N4O. The van der Waals surface area contributed by atoms with Gasteiger partial charge in [0.05, 0.1) is 0 Å². The second-order valence-electron chi connectivity index (χ2n) is 5.55. The first-order valence-electron chi connectivity index (χ1n) is 7.61. The highest BCUT2D eigenvalue weighted by Crippen LogP contribution is 2.26. The van der Waals surface area contributed by atoms with Gasteiger partial charge in [0.2, 0.25) is 0 Å². The predicted molar refractivity (Wildman–Crippen MR) is 82.0 cm³/mol. The molecule has 112 valence electrons. The van der Waals surface area contributed by atoms with Gasteiger partial charge in [0, 0.05) is 25.8 Å². The van der Waals surface area contributed by atoms with Gasteiger partial charge in [-0.05, 0) is 25.7 Å². The van der Waals surface area contributed by atoms with E-state index >= 15 is 0 Å². The van der Waals surface area contributed by atoms with Crippen molar-refractivity contribution in [3.05, 3.63) is 11.9 Å². The lowest BCUT2D eigenvalue weighted by Gasteiger charge is -2.28. The fraction of sp³-hybridized carbons (Fsp3) is 0.733. The molecule has 5 heteroatoms. The van der Waals surface area contributed by atoms with Crippen molar-refractivity contribution in [2.24, 2.45) is 5.92 Å². The fourth-order valence-corrected chi connectivity index (χ4v) is 2.73. The lowest BCUT2D eigenvalue weighted by Crippen LogP contribution is -2.27. The molecular weight excluding hydrogens is 252 g/mol. The van der Waals surface area contributed by atoms with Crippen LogP contribution in [-0.2, 0) is 11.3 Å². The van der Waals surface area contributed by atoms with Crippen LogP contribution in [0, 0.1) is 5.92 Å². The van der Waals surface area contributed by atoms with Crippen LogP contribution in [0.3, 0.4) is 0 Å². The molecule has 0 bridgehead atoms. The average molecular weight is 278 g/mol. The predicted octanol–water partition coefficient (Wildman–Crippen LogP) is 3.05. The molecule has 1 fully saturated rings. The van der Waals surface area contributed by atoms with Crippen molar-refractivity contribution in [3.8, 4) is 0 Å². The second-order valence-corrected chi connectivity index (χ2v) is 5.55. The minimum absolute atomic E-state index is 0.460. The molecule has 2 rings (SSSR count). The lowest BCUT2D eigenvalue weighted by atomic mass is 9.87. The fourth-order valence-electron chi connectivity index (χ4n) is 2.73. The van der Waals surface area contributed by atoms with Crippen molar-refractivity contribution in [2.45, 2.75) is 52.2 Å². The van der Waals surface area contributed by atoms with Crippen LogP contribution in [0.5, 0.6) is 0 Å². The number of aromatic nitrogens is 2. The average Bonchev–Trinajstić information content (AvgIpc) is 2.45. The number of nitrogens with zero attached hydrogens (tertiary/aromatic N) is 2. The lowest BCUT2D eigenvalue weighted by molar-refractivity contribution is 0.128. The van der Waals surface area contributed by atoms with E-state index in [1.165, 1.54) is 25.7 Å². The second kappa shape index (κ2) is 7.43. The molecule has 1 aliphatic rings. The molecule has 2 atom stereocenters. The topological polar surface area (TPSA) is 59.1 Å². The number of hydrogen-bond donors (Lipinski definition) is 2. The zero-order valence-electron chi connectivity index (χ0n) is 12.8. The number of ether oxygens (including phenoxy) is 1. The van der Waals surface area contributed by atoms with Crippen molar-refractivity contribution < 1.29 is 4.74 Å². The smallest absolute Gasteiger partial charge is 0.158 e. The maximum absolute atomic E-state index is 5.40. The molecule has 0 aromatic carbocycles. The van der Waals surface area contributed by atoms with Gasteiger partial charge >= 0.3 is 0 Å². The van der Waals surface area contributed by atoms with Crippen LogP contribution >= 0.6 is 0 Å². The third-order valence-electron chi connectivity index (χ3n) is 3.75. The van der Waals surface area contributed by atoms with Crippen LogP contribution in [0.2, 0.25) is 0 Å². The summed E-state index contributed by atoms with van der Waals surface area (Å²) >= 11 is 0. The quantitative estimate of drug-likeness (QED) is 0.837. The van der Waals surface area contributed by atoms with Gasteiger partial charge in [-0.15, -0.1) is 0 Å². The van der Waals surface area contributed by atoms with Crippen LogP contribution in [-0.4, -0.2) is 29.7 Å². The third-order valence-corrected chi connectivity index (χ3v) is 3.75. The molecule has 2 unspecified atom stereocenters. The van der Waals surface area contributed by atoms with E-state index in [-0.39, 0.29) is 0 Å². The summed E-state index contributed by atoms with van der Waals surface area (Å²) in [5, 5.41) is 6.64. The van der Waals surface area contributed by atoms with Gasteiger partial charge in [0.15, 0.2) is 5.82 Å². The highest BCUT2D eigenvalue weighted by Gasteiger charge is 2.19. The minimum atomic E-state index is 0.460. The number of rotatable bonds is 6. The highest BCUT2D eigenvalue weighted by molar-refractivity contribution is 5.47. The summed E-state index contributed by atoms with van der Waals surface area (Å²) < 4.78 is 5.40. The SMILES string of the molecule is CCOCc1nc(NC)cc(NC2CCCC(C)C2)n1. The van der Waals surface area contributed by atoms with Crippen molar-refractivity contribution in [1.82, 2.24) is 9.97 Å². The summed E-state index contributed by atoms with van der Waals surface area (Å²) in [6.07, 6.45) is 5.09. The van der Waals surface area contributed by atoms with Gasteiger partial charge in [-0.1, -0.05) is 19.8 Å². The van der Waals surface area contributed by atoms with Crippen LogP contribution < -0.4 is 10.6 Å². The van der Waals surface area contributed by atoms with Crippen molar-refractivity contribution >= 4 is 11.6 Å². The molecule has 1 saturated carbocycles. The van der Waals surface area contributed by atoms with Gasteiger partial charge in [-0.25, -0.2) is 9.97 Å². The Balaban J connectivity index is 2.05. The standard InChI is InChI=1S/C15H26N4O/c1-4-20-10-15-18-13(16-3)9-14(19-15)17-12-7-5-6-11(2)8-12/h9,11-12H,4-8,10H2,1-3H3,(H2,16,17,18,19). The van der Waals surface area contributed by atoms with Gasteiger partial charge in [0.1, 0.15) is 18.2 Å². The molecule has 2 N–H and O–H groups in total. The molecule has 0 spiro atoms. The van der Waals surface area contributed by atoms with E-state index < -0.39 is 0 Å². The van der Waals surface area contributed by atoms with Gasteiger partial charge in [-0.2, -0.15) is 0 Å². The summed E-state index contributed by atoms with van der Waals surface area (Å²) in [5.74, 6) is 3.26. The summed E-state index contributed by atoms with van der Waals surface area (Å²) in [7, 11) is 1.87. The number of hydrogen-bond acceptors (Lipinski definition) is 5. The zero-order valence-corrected chi connectivity index (χ0v) is 12.8. The third kappa shape index (κ3) is 4.34. The van der Waals surface area contributed by atoms with Crippen molar-refractivity contribution in [3.63, 3.8) is 0 Å². The molecule has 0 amide bonds. The van der Waals surface area contributed by atoms with Crippen LogP contribution in [0.15, 0.2) is 6.07 Å². The largest absolute Gasteiger partial charge is 0.374 e. The molecule has 0 saturated heterocycles. The molecule has 1 heterocycles. The Hall–Kier alpha value is -1.36. The van der Waals surface area contributed by atoms with E-state index in [0.29, 0.717) is 19.3 Å². The molecule has 0 aliphatic heterocycles. The van der Waals surface area contributed by atoms with Crippen molar-refractivity contribution in [1.29, 1.82) is 0 Å². The van der Waals surface area contributed by atoms with Crippen LogP contribution in [0.1, 0.15) is 45.4 Å². The number of anilines is 2. The Kier molecular flexibility index (Phi) is 5.59. The van der Waals surface area contributed by atoms with E-state index in [9.17, 15) is 0 Å². The monoisotopic (exact) mass is 278 g/mol. The van der Waals surface area contributed by atoms with E-state index in [2.05, 4.69) is 27.5 Å². The zero-order chi connectivity index (χ0) is 14.4. The Morgan fingerprint density at radius 1 is 1.30 bits per heavy atom. The number of nitrogens with one attached hydrogen (secondary N) is 2. The van der Waals surface area contributed by atoms with E-state index in [4.69, 9.17) is 4.74 Å². The van der Waals surface area contributed by atoms with Gasteiger partial charge < -0.3 is 15.4 Å². The minimum Gasteiger partial charge on any atom is -0.374 e. The molecule has 20 heavy (non-hydrogen) atoms. The Morgan fingerprint density at radius 2 is 2.10 bits per heavy atom. The summed E-state index contributed by atoms with van der Waals surface area (Å²) in [4.78, 5) is 8.96. The first-order valence-corrected chi connectivity index (χ1v) is 7.61. The summed E-state index contributed by atoms with van der Waals surface area (Å²) in [6.45, 7) is 5.44. The Bertz CT molecular complexity index is 424. The van der Waals surface area contributed by atoms with Crippen LogP contribution in [0.4, 0.5) is 11.6 Å². The van der Waals surface area contributed by atoms with E-state index in [1.807, 2.05) is 20.0 Å². The van der Waals surface area contributed by atoms with Gasteiger partial charge in [-0.3, -0.25) is 0 Å². The highest BCUT2D eigenvalue weighted by atomic mass is 16.5. The molecule has 1 aliphatic carbocycles. The Morgan fingerprint density at radius 3 is 2.80 bits per heavy atom. The van der Waals surface area contributed by atoms with Gasteiger partial charge in [0.25, 0.3) is 0 Å². The molecule has 0 radical (unpaired) electrons. The van der Waals surface area contributed by atoms with Crippen LogP contribution in [0.25, 0.3) is 0 Å². The summed E-state index contributed by atoms with van der Waals surface area (Å²) in [6, 6.07) is 2.49. The molecule has 1 aromatic heterocycles. The molecule has 5 nitrogen and oxygen atoms in total. The normalized spacial score (nSPS) is 22.6. The van der Waals surface area contributed by atoms with E-state index in [0.717, 1.165) is 23.4 Å². The summed E-state index contributed by atoms with van der Waals surface area (Å²) in [5.41, 5.74) is 0. The maximum atomic E-state index is 5.40. The Labute approximate surface area is 121 Å². The molecule has 1 aromatic rings. The van der Waals surface area contributed by atoms with Crippen molar-refractivity contribution in [2.75, 3.05) is 24.3 Å². The first kappa shape index (κ1) is 15.0. The maximum Gasteiger partial charge on any atom is 0.158 e.